The fourth-order valence-corrected chi connectivity index (χ4v) is 1.45. The average molecular weight is 208 g/mol. The van der Waals surface area contributed by atoms with Gasteiger partial charge in [-0.3, -0.25) is 0 Å². The third-order valence-corrected chi connectivity index (χ3v) is 2.43. The van der Waals surface area contributed by atoms with Gasteiger partial charge < -0.3 is 4.74 Å². The fraction of sp³-hybridized carbons (Fsp3) is 0.182. The lowest BCUT2D eigenvalue weighted by Gasteiger charge is -1.97. The zero-order valence-electron chi connectivity index (χ0n) is 8.19. The molecule has 0 unspecified atom stereocenters. The van der Waals surface area contributed by atoms with E-state index >= 15 is 0 Å². The van der Waals surface area contributed by atoms with Gasteiger partial charge in [0.05, 0.1) is 7.11 Å². The molecule has 0 fully saturated rings. The Morgan fingerprint density at radius 2 is 2.29 bits per heavy atom. The number of hydrogen-bond donors (Lipinski definition) is 0. The average Bonchev–Trinajstić information content (AvgIpc) is 2.26. The van der Waals surface area contributed by atoms with Crippen LogP contribution in [0.5, 0.6) is 0 Å². The van der Waals surface area contributed by atoms with E-state index in [1.54, 1.807) is 17.8 Å². The topological polar surface area (TPSA) is 26.3 Å². The zero-order chi connectivity index (χ0) is 10.4. The lowest BCUT2D eigenvalue weighted by atomic mass is 10.2. The van der Waals surface area contributed by atoms with Gasteiger partial charge in [0.1, 0.15) is 0 Å². The van der Waals surface area contributed by atoms with Gasteiger partial charge in [0.15, 0.2) is 0 Å². The second-order valence-corrected chi connectivity index (χ2v) is 3.51. The van der Waals surface area contributed by atoms with E-state index in [9.17, 15) is 4.79 Å². The summed E-state index contributed by atoms with van der Waals surface area (Å²) in [6.07, 6.45) is 5.17. The Labute approximate surface area is 88.0 Å². The van der Waals surface area contributed by atoms with E-state index in [1.165, 1.54) is 18.1 Å². The van der Waals surface area contributed by atoms with E-state index in [-0.39, 0.29) is 5.97 Å². The molecule has 1 aromatic carbocycles. The maximum Gasteiger partial charge on any atom is 0.330 e. The summed E-state index contributed by atoms with van der Waals surface area (Å²) >= 11 is 1.67. The molecule has 1 rings (SSSR count). The van der Waals surface area contributed by atoms with Gasteiger partial charge in [0, 0.05) is 11.0 Å². The van der Waals surface area contributed by atoms with Crippen molar-refractivity contribution < 1.29 is 9.53 Å². The minimum atomic E-state index is -0.334. The highest BCUT2D eigenvalue weighted by atomic mass is 32.2. The molecule has 0 atom stereocenters. The zero-order valence-corrected chi connectivity index (χ0v) is 9.01. The van der Waals surface area contributed by atoms with Crippen LogP contribution >= 0.6 is 11.8 Å². The Hall–Kier alpha value is -1.22. The van der Waals surface area contributed by atoms with Gasteiger partial charge >= 0.3 is 5.97 Å². The van der Waals surface area contributed by atoms with E-state index in [0.29, 0.717) is 0 Å². The van der Waals surface area contributed by atoms with E-state index in [2.05, 4.69) is 4.74 Å². The molecule has 0 heterocycles. The first kappa shape index (κ1) is 10.9. The molecule has 3 heteroatoms. The van der Waals surface area contributed by atoms with Crippen molar-refractivity contribution in [2.45, 2.75) is 4.90 Å². The molecule has 0 aliphatic rings. The molecule has 74 valence electrons. The van der Waals surface area contributed by atoms with Crippen LogP contribution in [0, 0.1) is 0 Å². The van der Waals surface area contributed by atoms with Crippen molar-refractivity contribution in [1.29, 1.82) is 0 Å². The maximum absolute atomic E-state index is 10.8. The Bertz CT molecular complexity index is 345. The van der Waals surface area contributed by atoms with Gasteiger partial charge in [-0.15, -0.1) is 11.8 Å². The van der Waals surface area contributed by atoms with Crippen LogP contribution < -0.4 is 0 Å². The number of esters is 1. The number of carbonyl (C=O) groups is 1. The van der Waals surface area contributed by atoms with Crippen LogP contribution in [0.3, 0.4) is 0 Å². The van der Waals surface area contributed by atoms with Gasteiger partial charge in [-0.25, -0.2) is 4.79 Å². The highest BCUT2D eigenvalue weighted by Gasteiger charge is 1.93. The number of hydrogen-bond acceptors (Lipinski definition) is 3. The van der Waals surface area contributed by atoms with Gasteiger partial charge in [-0.2, -0.15) is 0 Å². The molecule has 0 spiro atoms. The summed E-state index contributed by atoms with van der Waals surface area (Å²) in [6, 6.07) is 7.95. The van der Waals surface area contributed by atoms with Crippen LogP contribution in [0.2, 0.25) is 0 Å². The molecule has 0 saturated heterocycles. The van der Waals surface area contributed by atoms with Crippen molar-refractivity contribution >= 4 is 23.8 Å². The number of thioether (sulfide) groups is 1. The molecule has 1 aromatic rings. The molecule has 0 aliphatic heterocycles. The van der Waals surface area contributed by atoms with Crippen LogP contribution in [0.15, 0.2) is 35.2 Å². The fourth-order valence-electron chi connectivity index (χ4n) is 0.977. The van der Waals surface area contributed by atoms with Crippen molar-refractivity contribution in [2.24, 2.45) is 0 Å². The monoisotopic (exact) mass is 208 g/mol. The number of benzene rings is 1. The number of methoxy groups -OCH3 is 1. The maximum atomic E-state index is 10.8. The molecule has 0 N–H and O–H groups in total. The lowest BCUT2D eigenvalue weighted by Crippen LogP contribution is -1.93. The molecule has 0 aromatic heterocycles. The third-order valence-electron chi connectivity index (χ3n) is 1.71. The quantitative estimate of drug-likeness (QED) is 0.434. The summed E-state index contributed by atoms with van der Waals surface area (Å²) < 4.78 is 4.50. The van der Waals surface area contributed by atoms with Crippen molar-refractivity contribution in [3.8, 4) is 0 Å². The summed E-state index contributed by atoms with van der Waals surface area (Å²) in [5.41, 5.74) is 1.00. The molecule has 0 aliphatic carbocycles. The van der Waals surface area contributed by atoms with Crippen LogP contribution in [0.4, 0.5) is 0 Å². The van der Waals surface area contributed by atoms with E-state index < -0.39 is 0 Å². The predicted molar refractivity (Wildman–Crippen MR) is 59.3 cm³/mol. The van der Waals surface area contributed by atoms with Crippen LogP contribution in [-0.2, 0) is 9.53 Å². The van der Waals surface area contributed by atoms with E-state index in [0.717, 1.165) is 5.56 Å². The molecular weight excluding hydrogens is 196 g/mol. The second-order valence-electron chi connectivity index (χ2n) is 2.63. The Morgan fingerprint density at radius 1 is 1.50 bits per heavy atom. The predicted octanol–water partition coefficient (Wildman–Crippen LogP) is 2.59. The summed E-state index contributed by atoms with van der Waals surface area (Å²) in [5.74, 6) is -0.334. The molecule has 14 heavy (non-hydrogen) atoms. The van der Waals surface area contributed by atoms with Crippen molar-refractivity contribution in [2.75, 3.05) is 13.4 Å². The molecular formula is C11H12O2S. The van der Waals surface area contributed by atoms with Gasteiger partial charge in [-0.05, 0) is 30.0 Å². The number of carbonyl (C=O) groups excluding carboxylic acids is 1. The standard InChI is InChI=1S/C11H12O2S/c1-13-11(12)7-6-9-4-3-5-10(8-9)14-2/h3-8H,1-2H3/b7-6+. The highest BCUT2D eigenvalue weighted by molar-refractivity contribution is 7.98. The Kier molecular flexibility index (Phi) is 4.26. The molecule has 0 bridgehead atoms. The first-order valence-electron chi connectivity index (χ1n) is 4.16. The summed E-state index contributed by atoms with van der Waals surface area (Å²) in [5, 5.41) is 0. The van der Waals surface area contributed by atoms with Crippen molar-refractivity contribution in [3.63, 3.8) is 0 Å². The SMILES string of the molecule is COC(=O)/C=C/c1cccc(SC)c1. The van der Waals surface area contributed by atoms with Crippen molar-refractivity contribution in [1.82, 2.24) is 0 Å². The summed E-state index contributed by atoms with van der Waals surface area (Å²) in [6.45, 7) is 0. The van der Waals surface area contributed by atoms with Crippen LogP contribution in [0.1, 0.15) is 5.56 Å². The Balaban J connectivity index is 2.76. The molecule has 2 nitrogen and oxygen atoms in total. The Morgan fingerprint density at radius 3 is 2.93 bits per heavy atom. The largest absolute Gasteiger partial charge is 0.466 e. The molecule has 0 radical (unpaired) electrons. The van der Waals surface area contributed by atoms with Gasteiger partial charge in [0.2, 0.25) is 0 Å². The van der Waals surface area contributed by atoms with Crippen LogP contribution in [-0.4, -0.2) is 19.3 Å². The minimum Gasteiger partial charge on any atom is -0.466 e. The lowest BCUT2D eigenvalue weighted by molar-refractivity contribution is -0.134. The number of rotatable bonds is 3. The second kappa shape index (κ2) is 5.50. The smallest absolute Gasteiger partial charge is 0.330 e. The summed E-state index contributed by atoms with van der Waals surface area (Å²) in [7, 11) is 1.37. The number of ether oxygens (including phenoxy) is 1. The van der Waals surface area contributed by atoms with Gasteiger partial charge in [0.25, 0.3) is 0 Å². The van der Waals surface area contributed by atoms with E-state index in [4.69, 9.17) is 0 Å². The first-order chi connectivity index (χ1) is 6.76. The first-order valence-corrected chi connectivity index (χ1v) is 5.39. The minimum absolute atomic E-state index is 0.334. The van der Waals surface area contributed by atoms with Gasteiger partial charge in [-0.1, -0.05) is 12.1 Å². The molecule has 0 amide bonds. The summed E-state index contributed by atoms with van der Waals surface area (Å²) in [4.78, 5) is 12.0. The van der Waals surface area contributed by atoms with Crippen molar-refractivity contribution in [3.05, 3.63) is 35.9 Å². The molecule has 0 saturated carbocycles. The highest BCUT2D eigenvalue weighted by Crippen LogP contribution is 2.16. The van der Waals surface area contributed by atoms with Crippen LogP contribution in [0.25, 0.3) is 6.08 Å². The third kappa shape index (κ3) is 3.26. The normalized spacial score (nSPS) is 10.4. The van der Waals surface area contributed by atoms with E-state index in [1.807, 2.05) is 30.5 Å².